The van der Waals surface area contributed by atoms with Gasteiger partial charge in [0.05, 0.1) is 31.3 Å². The first-order valence-electron chi connectivity index (χ1n) is 5.69. The Morgan fingerprint density at radius 2 is 2.28 bits per heavy atom. The van der Waals surface area contributed by atoms with E-state index in [-0.39, 0.29) is 11.8 Å². The van der Waals surface area contributed by atoms with Crippen molar-refractivity contribution in [2.45, 2.75) is 13.3 Å². The molecule has 1 N–H and O–H groups in total. The third kappa shape index (κ3) is 3.15. The van der Waals surface area contributed by atoms with E-state index < -0.39 is 5.97 Å². The Morgan fingerprint density at radius 3 is 2.78 bits per heavy atom. The highest BCUT2D eigenvalue weighted by Gasteiger charge is 2.34. The highest BCUT2D eigenvalue weighted by atomic mass is 35.5. The summed E-state index contributed by atoms with van der Waals surface area (Å²) in [7, 11) is 0. The quantitative estimate of drug-likeness (QED) is 0.893. The fourth-order valence-electron chi connectivity index (χ4n) is 1.73. The number of aliphatic carboxylic acids is 1. The molecular weight excluding hydrogens is 256 g/mol. The number of hydrogen-bond donors (Lipinski definition) is 1. The Labute approximate surface area is 110 Å². The molecule has 2 rings (SSSR count). The SMILES string of the molecule is CC1(COc2ccc(CC(=O)O)cc2Cl)COC1. The van der Waals surface area contributed by atoms with Gasteiger partial charge in [-0.1, -0.05) is 24.6 Å². The van der Waals surface area contributed by atoms with Crippen molar-refractivity contribution in [2.24, 2.45) is 5.41 Å². The minimum atomic E-state index is -0.876. The molecule has 1 aliphatic rings. The van der Waals surface area contributed by atoms with Crippen molar-refractivity contribution >= 4 is 17.6 Å². The molecular formula is C13H15ClO4. The van der Waals surface area contributed by atoms with Crippen LogP contribution in [0.3, 0.4) is 0 Å². The van der Waals surface area contributed by atoms with Gasteiger partial charge in [-0.25, -0.2) is 0 Å². The lowest BCUT2D eigenvalue weighted by molar-refractivity contribution is -0.136. The number of carbonyl (C=O) groups is 1. The van der Waals surface area contributed by atoms with Gasteiger partial charge in [-0.15, -0.1) is 0 Å². The van der Waals surface area contributed by atoms with Crippen molar-refractivity contribution < 1.29 is 19.4 Å². The summed E-state index contributed by atoms with van der Waals surface area (Å²) in [5.41, 5.74) is 0.723. The molecule has 0 spiro atoms. The number of benzene rings is 1. The zero-order valence-electron chi connectivity index (χ0n) is 10.1. The molecule has 1 aromatic rings. The molecule has 0 aromatic heterocycles. The molecule has 0 radical (unpaired) electrons. The molecule has 0 saturated carbocycles. The summed E-state index contributed by atoms with van der Waals surface area (Å²) in [6.07, 6.45) is -0.0362. The van der Waals surface area contributed by atoms with E-state index in [4.69, 9.17) is 26.2 Å². The molecule has 1 aliphatic heterocycles. The van der Waals surface area contributed by atoms with Crippen molar-refractivity contribution in [2.75, 3.05) is 19.8 Å². The Kier molecular flexibility index (Phi) is 3.78. The van der Waals surface area contributed by atoms with Gasteiger partial charge in [0.25, 0.3) is 0 Å². The monoisotopic (exact) mass is 270 g/mol. The molecule has 98 valence electrons. The number of halogens is 1. The van der Waals surface area contributed by atoms with Crippen LogP contribution in [0.25, 0.3) is 0 Å². The topological polar surface area (TPSA) is 55.8 Å². The van der Waals surface area contributed by atoms with E-state index in [0.717, 1.165) is 0 Å². The normalized spacial score (nSPS) is 17.0. The van der Waals surface area contributed by atoms with E-state index >= 15 is 0 Å². The highest BCUT2D eigenvalue weighted by molar-refractivity contribution is 6.32. The van der Waals surface area contributed by atoms with Gasteiger partial charge in [0.1, 0.15) is 5.75 Å². The molecule has 0 atom stereocenters. The number of ether oxygens (including phenoxy) is 2. The average molecular weight is 271 g/mol. The number of carboxylic acids is 1. The predicted octanol–water partition coefficient (Wildman–Crippen LogP) is 2.38. The van der Waals surface area contributed by atoms with Gasteiger partial charge in [0.15, 0.2) is 0 Å². The third-order valence-electron chi connectivity index (χ3n) is 2.83. The van der Waals surface area contributed by atoms with Crippen LogP contribution in [0.15, 0.2) is 18.2 Å². The van der Waals surface area contributed by atoms with Crippen LogP contribution < -0.4 is 4.74 Å². The molecule has 4 nitrogen and oxygen atoms in total. The summed E-state index contributed by atoms with van der Waals surface area (Å²) in [6.45, 7) is 4.03. The summed E-state index contributed by atoms with van der Waals surface area (Å²) in [4.78, 5) is 10.6. The molecule has 0 bridgehead atoms. The predicted molar refractivity (Wildman–Crippen MR) is 67.2 cm³/mol. The Balaban J connectivity index is 1.98. The van der Waals surface area contributed by atoms with E-state index in [1.54, 1.807) is 18.2 Å². The smallest absolute Gasteiger partial charge is 0.307 e. The van der Waals surface area contributed by atoms with E-state index in [0.29, 0.717) is 36.2 Å². The van der Waals surface area contributed by atoms with Gasteiger partial charge < -0.3 is 14.6 Å². The zero-order chi connectivity index (χ0) is 13.2. The van der Waals surface area contributed by atoms with E-state index in [9.17, 15) is 4.79 Å². The maximum atomic E-state index is 10.6. The molecule has 1 aromatic carbocycles. The largest absolute Gasteiger partial charge is 0.491 e. The summed E-state index contributed by atoms with van der Waals surface area (Å²) in [5, 5.41) is 9.13. The van der Waals surface area contributed by atoms with Crippen molar-refractivity contribution in [3.63, 3.8) is 0 Å². The van der Waals surface area contributed by atoms with Crippen LogP contribution >= 0.6 is 11.6 Å². The number of carboxylic acid groups (broad SMARTS) is 1. The summed E-state index contributed by atoms with van der Waals surface area (Å²) >= 11 is 6.05. The van der Waals surface area contributed by atoms with Gasteiger partial charge in [0, 0.05) is 5.41 Å². The first-order chi connectivity index (χ1) is 8.48. The second-order valence-electron chi connectivity index (χ2n) is 4.93. The van der Waals surface area contributed by atoms with Crippen LogP contribution in [-0.4, -0.2) is 30.9 Å². The van der Waals surface area contributed by atoms with Crippen molar-refractivity contribution in [3.05, 3.63) is 28.8 Å². The summed E-state index contributed by atoms with van der Waals surface area (Å²) in [5.74, 6) is -0.294. The third-order valence-corrected chi connectivity index (χ3v) is 3.12. The van der Waals surface area contributed by atoms with Crippen molar-refractivity contribution in [3.8, 4) is 5.75 Å². The Hall–Kier alpha value is -1.26. The molecule has 5 heteroatoms. The van der Waals surface area contributed by atoms with Crippen LogP contribution in [0.1, 0.15) is 12.5 Å². The number of rotatable bonds is 5. The average Bonchev–Trinajstić information content (AvgIpc) is 2.24. The summed E-state index contributed by atoms with van der Waals surface area (Å²) in [6, 6.07) is 5.06. The maximum Gasteiger partial charge on any atom is 0.307 e. The molecule has 1 heterocycles. The van der Waals surface area contributed by atoms with Gasteiger partial charge in [-0.2, -0.15) is 0 Å². The van der Waals surface area contributed by atoms with E-state index in [1.807, 2.05) is 0 Å². The van der Waals surface area contributed by atoms with Gasteiger partial charge in [0.2, 0.25) is 0 Å². The van der Waals surface area contributed by atoms with Gasteiger partial charge >= 0.3 is 5.97 Å². The molecule has 18 heavy (non-hydrogen) atoms. The lowest BCUT2D eigenvalue weighted by atomic mass is 9.90. The van der Waals surface area contributed by atoms with Crippen molar-refractivity contribution in [1.82, 2.24) is 0 Å². The van der Waals surface area contributed by atoms with Crippen LogP contribution in [0.5, 0.6) is 5.75 Å². The van der Waals surface area contributed by atoms with E-state index in [2.05, 4.69) is 6.92 Å². The second-order valence-corrected chi connectivity index (χ2v) is 5.33. The Morgan fingerprint density at radius 1 is 1.56 bits per heavy atom. The molecule has 1 saturated heterocycles. The van der Waals surface area contributed by atoms with E-state index in [1.165, 1.54) is 0 Å². The van der Waals surface area contributed by atoms with Gasteiger partial charge in [-0.05, 0) is 17.7 Å². The lowest BCUT2D eigenvalue weighted by Gasteiger charge is -2.37. The lowest BCUT2D eigenvalue weighted by Crippen LogP contribution is -2.44. The zero-order valence-corrected chi connectivity index (χ0v) is 10.9. The second kappa shape index (κ2) is 5.16. The fraction of sp³-hybridized carbons (Fsp3) is 0.462. The fourth-order valence-corrected chi connectivity index (χ4v) is 1.99. The summed E-state index contributed by atoms with van der Waals surface area (Å²) < 4.78 is 10.8. The first-order valence-corrected chi connectivity index (χ1v) is 6.07. The first kappa shape index (κ1) is 13.2. The molecule has 0 amide bonds. The maximum absolute atomic E-state index is 10.6. The number of hydrogen-bond acceptors (Lipinski definition) is 3. The van der Waals surface area contributed by atoms with Gasteiger partial charge in [-0.3, -0.25) is 4.79 Å². The van der Waals surface area contributed by atoms with Crippen LogP contribution in [0, 0.1) is 5.41 Å². The Bertz CT molecular complexity index is 454. The van der Waals surface area contributed by atoms with Crippen LogP contribution in [-0.2, 0) is 16.0 Å². The standard InChI is InChI=1S/C13H15ClO4/c1-13(6-17-7-13)8-18-11-3-2-9(4-10(11)14)5-12(15)16/h2-4H,5-8H2,1H3,(H,15,16). The van der Waals surface area contributed by atoms with Crippen LogP contribution in [0.2, 0.25) is 5.02 Å². The molecule has 1 fully saturated rings. The minimum Gasteiger partial charge on any atom is -0.491 e. The molecule has 0 unspecified atom stereocenters. The van der Waals surface area contributed by atoms with Crippen molar-refractivity contribution in [1.29, 1.82) is 0 Å². The van der Waals surface area contributed by atoms with Crippen LogP contribution in [0.4, 0.5) is 0 Å². The highest BCUT2D eigenvalue weighted by Crippen LogP contribution is 2.31. The minimum absolute atomic E-state index is 0.0362. The molecule has 0 aliphatic carbocycles.